The summed E-state index contributed by atoms with van der Waals surface area (Å²) in [6.45, 7) is 5.68. The molecule has 3 N–H and O–H groups in total. The number of benzene rings is 1. The minimum absolute atomic E-state index is 0.0284. The van der Waals surface area contributed by atoms with E-state index in [0.29, 0.717) is 11.8 Å². The lowest BCUT2D eigenvalue weighted by Gasteiger charge is -2.20. The summed E-state index contributed by atoms with van der Waals surface area (Å²) in [5.41, 5.74) is 5.60. The Morgan fingerprint density at radius 3 is 2.45 bits per heavy atom. The van der Waals surface area contributed by atoms with Gasteiger partial charge in [0.05, 0.1) is 10.6 Å². The SMILES string of the molecule is Cc1cc(S(=O)(=O)NC2CCC(C)C2C)cc(N)c1F. The Morgan fingerprint density at radius 1 is 1.30 bits per heavy atom. The van der Waals surface area contributed by atoms with E-state index in [0.717, 1.165) is 12.8 Å². The van der Waals surface area contributed by atoms with Crippen LogP contribution in [0.5, 0.6) is 0 Å². The topological polar surface area (TPSA) is 72.2 Å². The number of sulfonamides is 1. The molecule has 0 spiro atoms. The fourth-order valence-corrected chi connectivity index (χ4v) is 4.20. The maximum atomic E-state index is 13.5. The number of aryl methyl sites for hydroxylation is 1. The van der Waals surface area contributed by atoms with Crippen molar-refractivity contribution in [3.8, 4) is 0 Å². The zero-order chi connectivity index (χ0) is 15.1. The molecule has 1 aliphatic rings. The molecule has 1 fully saturated rings. The first-order valence-electron chi connectivity index (χ1n) is 6.80. The number of hydrogen-bond donors (Lipinski definition) is 2. The van der Waals surface area contributed by atoms with Crippen molar-refractivity contribution < 1.29 is 12.8 Å². The van der Waals surface area contributed by atoms with Crippen LogP contribution in [-0.4, -0.2) is 14.5 Å². The summed E-state index contributed by atoms with van der Waals surface area (Å²) in [6.07, 6.45) is 1.84. The molecule has 6 heteroatoms. The summed E-state index contributed by atoms with van der Waals surface area (Å²) in [5, 5.41) is 0. The highest BCUT2D eigenvalue weighted by Gasteiger charge is 2.33. The van der Waals surface area contributed by atoms with Gasteiger partial charge in [0.15, 0.2) is 0 Å². The van der Waals surface area contributed by atoms with Gasteiger partial charge < -0.3 is 5.73 Å². The lowest BCUT2D eigenvalue weighted by Crippen LogP contribution is -2.37. The van der Waals surface area contributed by atoms with Crippen molar-refractivity contribution in [3.63, 3.8) is 0 Å². The predicted molar refractivity (Wildman–Crippen MR) is 77.2 cm³/mol. The van der Waals surface area contributed by atoms with Crippen LogP contribution in [0.1, 0.15) is 32.3 Å². The Kier molecular flexibility index (Phi) is 4.07. The average molecular weight is 300 g/mol. The van der Waals surface area contributed by atoms with Crippen molar-refractivity contribution >= 4 is 15.7 Å². The molecule has 20 heavy (non-hydrogen) atoms. The number of nitrogen functional groups attached to an aromatic ring is 1. The van der Waals surface area contributed by atoms with Gasteiger partial charge in [0.2, 0.25) is 10.0 Å². The third-order valence-corrected chi connectivity index (χ3v) is 5.81. The Labute approximate surface area is 119 Å². The maximum Gasteiger partial charge on any atom is 0.240 e. The Hall–Kier alpha value is -1.14. The van der Waals surface area contributed by atoms with Gasteiger partial charge in [0.25, 0.3) is 0 Å². The standard InChI is InChI=1S/C14H21FN2O2S/c1-8-4-5-13(10(8)3)17-20(18,19)11-6-9(2)14(15)12(16)7-11/h6-8,10,13,17H,4-5,16H2,1-3H3. The van der Waals surface area contributed by atoms with Gasteiger partial charge in [-0.1, -0.05) is 13.8 Å². The van der Waals surface area contributed by atoms with Gasteiger partial charge in [-0.2, -0.15) is 0 Å². The van der Waals surface area contributed by atoms with Crippen LogP contribution in [-0.2, 0) is 10.0 Å². The van der Waals surface area contributed by atoms with Crippen LogP contribution in [0.25, 0.3) is 0 Å². The van der Waals surface area contributed by atoms with E-state index in [4.69, 9.17) is 5.73 Å². The molecule has 1 aromatic carbocycles. The van der Waals surface area contributed by atoms with E-state index in [1.165, 1.54) is 19.1 Å². The van der Waals surface area contributed by atoms with E-state index in [-0.39, 0.29) is 22.2 Å². The third-order valence-electron chi connectivity index (χ3n) is 4.34. The summed E-state index contributed by atoms with van der Waals surface area (Å²) in [4.78, 5) is 0.0284. The average Bonchev–Trinajstić information content (AvgIpc) is 2.67. The first kappa shape index (κ1) is 15.3. The molecule has 1 saturated carbocycles. The summed E-state index contributed by atoms with van der Waals surface area (Å²) in [7, 11) is -3.66. The normalized spacial score (nSPS) is 26.9. The van der Waals surface area contributed by atoms with E-state index in [9.17, 15) is 12.8 Å². The Morgan fingerprint density at radius 2 is 1.95 bits per heavy atom. The molecule has 4 nitrogen and oxygen atoms in total. The summed E-state index contributed by atoms with van der Waals surface area (Å²) in [6, 6.07) is 2.42. The van der Waals surface area contributed by atoms with Crippen molar-refractivity contribution in [2.45, 2.75) is 44.6 Å². The molecule has 3 unspecified atom stereocenters. The van der Waals surface area contributed by atoms with Gasteiger partial charge in [-0.05, 0) is 49.3 Å². The molecule has 0 heterocycles. The fourth-order valence-electron chi connectivity index (χ4n) is 2.72. The van der Waals surface area contributed by atoms with Gasteiger partial charge >= 0.3 is 0 Å². The van der Waals surface area contributed by atoms with E-state index >= 15 is 0 Å². The van der Waals surface area contributed by atoms with Crippen molar-refractivity contribution in [2.75, 3.05) is 5.73 Å². The zero-order valence-corrected chi connectivity index (χ0v) is 12.8. The zero-order valence-electron chi connectivity index (χ0n) is 12.0. The number of nitrogens with two attached hydrogens (primary N) is 1. The van der Waals surface area contributed by atoms with Crippen molar-refractivity contribution in [3.05, 3.63) is 23.5 Å². The van der Waals surface area contributed by atoms with Crippen LogP contribution in [0, 0.1) is 24.6 Å². The lowest BCUT2D eigenvalue weighted by atomic mass is 9.98. The van der Waals surface area contributed by atoms with E-state index in [1.807, 2.05) is 0 Å². The van der Waals surface area contributed by atoms with Crippen molar-refractivity contribution in [1.82, 2.24) is 4.72 Å². The largest absolute Gasteiger partial charge is 0.396 e. The Balaban J connectivity index is 2.27. The van der Waals surface area contributed by atoms with E-state index in [2.05, 4.69) is 18.6 Å². The predicted octanol–water partition coefficient (Wildman–Crippen LogP) is 2.43. The smallest absolute Gasteiger partial charge is 0.240 e. The molecule has 112 valence electrons. The highest BCUT2D eigenvalue weighted by Crippen LogP contribution is 2.32. The molecule has 0 bridgehead atoms. The first-order valence-corrected chi connectivity index (χ1v) is 8.28. The van der Waals surface area contributed by atoms with E-state index < -0.39 is 15.8 Å². The van der Waals surface area contributed by atoms with Gasteiger partial charge in [0, 0.05) is 6.04 Å². The maximum absolute atomic E-state index is 13.5. The molecule has 3 atom stereocenters. The molecule has 0 aromatic heterocycles. The second kappa shape index (κ2) is 5.33. The molecule has 0 amide bonds. The van der Waals surface area contributed by atoms with E-state index in [1.54, 1.807) is 0 Å². The van der Waals surface area contributed by atoms with Gasteiger partial charge in [-0.3, -0.25) is 0 Å². The lowest BCUT2D eigenvalue weighted by molar-refractivity contribution is 0.402. The van der Waals surface area contributed by atoms with Gasteiger partial charge in [0.1, 0.15) is 5.82 Å². The highest BCUT2D eigenvalue weighted by atomic mass is 32.2. The molecule has 0 aliphatic heterocycles. The van der Waals surface area contributed by atoms with Crippen LogP contribution in [0.4, 0.5) is 10.1 Å². The van der Waals surface area contributed by atoms with Gasteiger partial charge in [-0.25, -0.2) is 17.5 Å². The van der Waals surface area contributed by atoms with Crippen LogP contribution in [0.2, 0.25) is 0 Å². The quantitative estimate of drug-likeness (QED) is 0.842. The molecular weight excluding hydrogens is 279 g/mol. The van der Waals surface area contributed by atoms with Gasteiger partial charge in [-0.15, -0.1) is 0 Å². The Bertz CT molecular complexity index is 593. The molecule has 1 aromatic rings. The van der Waals surface area contributed by atoms with Crippen LogP contribution < -0.4 is 10.5 Å². The molecule has 2 rings (SSSR count). The highest BCUT2D eigenvalue weighted by molar-refractivity contribution is 7.89. The minimum Gasteiger partial charge on any atom is -0.396 e. The summed E-state index contributed by atoms with van der Waals surface area (Å²) < 4.78 is 40.9. The number of rotatable bonds is 3. The monoisotopic (exact) mass is 300 g/mol. The fraction of sp³-hybridized carbons (Fsp3) is 0.571. The summed E-state index contributed by atoms with van der Waals surface area (Å²) in [5.74, 6) is 0.234. The molecular formula is C14H21FN2O2S. The number of halogens is 1. The van der Waals surface area contributed by atoms with Crippen molar-refractivity contribution in [2.24, 2.45) is 11.8 Å². The van der Waals surface area contributed by atoms with Crippen LogP contribution in [0.15, 0.2) is 17.0 Å². The summed E-state index contributed by atoms with van der Waals surface area (Å²) >= 11 is 0. The number of anilines is 1. The van der Waals surface area contributed by atoms with Crippen molar-refractivity contribution in [1.29, 1.82) is 0 Å². The molecule has 0 radical (unpaired) electrons. The first-order chi connectivity index (χ1) is 9.22. The second-order valence-corrected chi connectivity index (χ2v) is 7.50. The second-order valence-electron chi connectivity index (χ2n) is 5.78. The minimum atomic E-state index is -3.66. The van der Waals surface area contributed by atoms with Crippen LogP contribution in [0.3, 0.4) is 0 Å². The number of nitrogens with one attached hydrogen (secondary N) is 1. The number of hydrogen-bond acceptors (Lipinski definition) is 3. The third kappa shape index (κ3) is 2.81. The molecule has 1 aliphatic carbocycles. The molecule has 0 saturated heterocycles. The van der Waals surface area contributed by atoms with Crippen LogP contribution >= 0.6 is 0 Å².